The second kappa shape index (κ2) is 6.41. The minimum absolute atomic E-state index is 0.0379. The Hall–Kier alpha value is -1.34. The summed E-state index contributed by atoms with van der Waals surface area (Å²) in [4.78, 5) is 0.0379. The zero-order valence-electron chi connectivity index (χ0n) is 10.7. The zero-order chi connectivity index (χ0) is 14.6. The molecule has 1 aromatic carbocycles. The third kappa shape index (κ3) is 3.40. The SMILES string of the molecule is CO[C@@H](CNS(=O)(=O)c1ccccc1Cl)c1ccco1. The van der Waals surface area contributed by atoms with Gasteiger partial charge in [0.25, 0.3) is 0 Å². The summed E-state index contributed by atoms with van der Waals surface area (Å²) in [7, 11) is -2.21. The number of rotatable bonds is 6. The first-order valence-electron chi connectivity index (χ1n) is 5.85. The molecular weight excluding hydrogens is 302 g/mol. The molecule has 0 amide bonds. The van der Waals surface area contributed by atoms with Crippen molar-refractivity contribution < 1.29 is 17.6 Å². The second-order valence-corrected chi connectivity index (χ2v) is 6.16. The maximum atomic E-state index is 12.2. The van der Waals surface area contributed by atoms with Crippen LogP contribution in [0.25, 0.3) is 0 Å². The minimum Gasteiger partial charge on any atom is -0.467 e. The van der Waals surface area contributed by atoms with E-state index in [0.717, 1.165) is 0 Å². The number of benzene rings is 1. The average Bonchev–Trinajstić information content (AvgIpc) is 2.94. The highest BCUT2D eigenvalue weighted by Crippen LogP contribution is 2.21. The van der Waals surface area contributed by atoms with E-state index < -0.39 is 16.1 Å². The lowest BCUT2D eigenvalue weighted by atomic mass is 10.3. The highest BCUT2D eigenvalue weighted by molar-refractivity contribution is 7.89. The third-order valence-corrected chi connectivity index (χ3v) is 4.65. The smallest absolute Gasteiger partial charge is 0.242 e. The molecular formula is C13H14ClNO4S. The second-order valence-electron chi connectivity index (χ2n) is 4.02. The van der Waals surface area contributed by atoms with E-state index in [9.17, 15) is 8.42 Å². The van der Waals surface area contributed by atoms with Crippen LogP contribution in [0.15, 0.2) is 52.0 Å². The first-order valence-corrected chi connectivity index (χ1v) is 7.71. The van der Waals surface area contributed by atoms with E-state index in [-0.39, 0.29) is 16.5 Å². The van der Waals surface area contributed by atoms with E-state index in [2.05, 4.69) is 4.72 Å². The summed E-state index contributed by atoms with van der Waals surface area (Å²) in [5.74, 6) is 0.550. The van der Waals surface area contributed by atoms with Crippen LogP contribution >= 0.6 is 11.6 Å². The Bertz CT molecular complexity index is 655. The molecule has 0 bridgehead atoms. The summed E-state index contributed by atoms with van der Waals surface area (Å²) in [5.41, 5.74) is 0. The van der Waals surface area contributed by atoms with Gasteiger partial charge in [-0.1, -0.05) is 23.7 Å². The van der Waals surface area contributed by atoms with E-state index >= 15 is 0 Å². The molecule has 2 aromatic rings. The minimum atomic E-state index is -3.69. The molecule has 1 aromatic heterocycles. The van der Waals surface area contributed by atoms with Gasteiger partial charge in [0.15, 0.2) is 0 Å². The average molecular weight is 316 g/mol. The van der Waals surface area contributed by atoms with Gasteiger partial charge in [0.2, 0.25) is 10.0 Å². The molecule has 0 fully saturated rings. The van der Waals surface area contributed by atoms with Crippen molar-refractivity contribution in [1.82, 2.24) is 4.72 Å². The van der Waals surface area contributed by atoms with Crippen molar-refractivity contribution >= 4 is 21.6 Å². The van der Waals surface area contributed by atoms with Gasteiger partial charge in [-0.2, -0.15) is 0 Å². The summed E-state index contributed by atoms with van der Waals surface area (Å²) < 4.78 is 37.2. The van der Waals surface area contributed by atoms with E-state index in [1.807, 2.05) is 0 Å². The Morgan fingerprint density at radius 1 is 1.30 bits per heavy atom. The summed E-state index contributed by atoms with van der Waals surface area (Å²) in [5, 5.41) is 0.173. The summed E-state index contributed by atoms with van der Waals surface area (Å²) in [6, 6.07) is 9.68. The normalized spacial score (nSPS) is 13.3. The number of hydrogen-bond acceptors (Lipinski definition) is 4. The van der Waals surface area contributed by atoms with Crippen molar-refractivity contribution in [2.75, 3.05) is 13.7 Å². The van der Waals surface area contributed by atoms with Gasteiger partial charge in [-0.3, -0.25) is 0 Å². The Balaban J connectivity index is 2.12. The van der Waals surface area contributed by atoms with Crippen LogP contribution in [0, 0.1) is 0 Å². The Morgan fingerprint density at radius 2 is 2.05 bits per heavy atom. The Labute approximate surface area is 122 Å². The quantitative estimate of drug-likeness (QED) is 0.889. The number of halogens is 1. The molecule has 108 valence electrons. The fourth-order valence-corrected chi connectivity index (χ4v) is 3.25. The number of furan rings is 1. The molecule has 0 spiro atoms. The lowest BCUT2D eigenvalue weighted by Crippen LogP contribution is -2.29. The van der Waals surface area contributed by atoms with E-state index in [4.69, 9.17) is 20.8 Å². The van der Waals surface area contributed by atoms with Gasteiger partial charge in [0.05, 0.1) is 11.3 Å². The van der Waals surface area contributed by atoms with Gasteiger partial charge in [-0.25, -0.2) is 13.1 Å². The molecule has 0 radical (unpaired) electrons. The fraction of sp³-hybridized carbons (Fsp3) is 0.231. The maximum Gasteiger partial charge on any atom is 0.242 e. The van der Waals surface area contributed by atoms with Gasteiger partial charge >= 0.3 is 0 Å². The third-order valence-electron chi connectivity index (χ3n) is 2.73. The van der Waals surface area contributed by atoms with Crippen molar-refractivity contribution in [3.05, 3.63) is 53.4 Å². The van der Waals surface area contributed by atoms with Crippen molar-refractivity contribution in [3.63, 3.8) is 0 Å². The molecule has 0 saturated heterocycles. The molecule has 0 aliphatic carbocycles. The van der Waals surface area contributed by atoms with Crippen molar-refractivity contribution in [2.24, 2.45) is 0 Å². The lowest BCUT2D eigenvalue weighted by Gasteiger charge is -2.14. The summed E-state index contributed by atoms with van der Waals surface area (Å²) in [6.45, 7) is 0.0531. The highest BCUT2D eigenvalue weighted by Gasteiger charge is 2.21. The molecule has 1 heterocycles. The standard InChI is InChI=1S/C13H14ClNO4S/c1-18-12(11-6-4-8-19-11)9-15-20(16,17)13-7-3-2-5-10(13)14/h2-8,12,15H,9H2,1H3/t12-/m0/s1. The fourth-order valence-electron chi connectivity index (χ4n) is 1.70. The number of hydrogen-bond donors (Lipinski definition) is 1. The number of ether oxygens (including phenoxy) is 1. The number of sulfonamides is 1. The molecule has 1 N–H and O–H groups in total. The van der Waals surface area contributed by atoms with E-state index in [1.165, 1.54) is 25.5 Å². The van der Waals surface area contributed by atoms with Crippen molar-refractivity contribution in [2.45, 2.75) is 11.0 Å². The van der Waals surface area contributed by atoms with Crippen LogP contribution in [0.1, 0.15) is 11.9 Å². The van der Waals surface area contributed by atoms with Gasteiger partial charge in [0.1, 0.15) is 16.8 Å². The van der Waals surface area contributed by atoms with E-state index in [1.54, 1.807) is 24.3 Å². The molecule has 7 heteroatoms. The summed E-state index contributed by atoms with van der Waals surface area (Å²) in [6.07, 6.45) is 1.01. The Kier molecular flexibility index (Phi) is 4.82. The predicted octanol–water partition coefficient (Wildman–Crippen LogP) is 2.60. The monoisotopic (exact) mass is 315 g/mol. The molecule has 0 unspecified atom stereocenters. The number of methoxy groups -OCH3 is 1. The Morgan fingerprint density at radius 3 is 2.65 bits per heavy atom. The van der Waals surface area contributed by atoms with Gasteiger partial charge < -0.3 is 9.15 Å². The molecule has 2 rings (SSSR count). The van der Waals surface area contributed by atoms with Gasteiger partial charge in [0, 0.05) is 13.7 Å². The topological polar surface area (TPSA) is 68.5 Å². The van der Waals surface area contributed by atoms with Crippen LogP contribution in [0.2, 0.25) is 5.02 Å². The molecule has 0 aliphatic heterocycles. The molecule has 20 heavy (non-hydrogen) atoms. The maximum absolute atomic E-state index is 12.2. The largest absolute Gasteiger partial charge is 0.467 e. The predicted molar refractivity (Wildman–Crippen MR) is 75.1 cm³/mol. The molecule has 1 atom stereocenters. The zero-order valence-corrected chi connectivity index (χ0v) is 12.3. The molecule has 5 nitrogen and oxygen atoms in total. The molecule has 0 saturated carbocycles. The van der Waals surface area contributed by atoms with Crippen LogP contribution in [0.4, 0.5) is 0 Å². The summed E-state index contributed by atoms with van der Waals surface area (Å²) >= 11 is 5.89. The van der Waals surface area contributed by atoms with Gasteiger partial charge in [-0.15, -0.1) is 0 Å². The first-order chi connectivity index (χ1) is 9.54. The lowest BCUT2D eigenvalue weighted by molar-refractivity contribution is 0.0878. The van der Waals surface area contributed by atoms with Crippen LogP contribution < -0.4 is 4.72 Å². The van der Waals surface area contributed by atoms with Crippen LogP contribution in [0.3, 0.4) is 0 Å². The van der Waals surface area contributed by atoms with Crippen LogP contribution in [-0.4, -0.2) is 22.1 Å². The number of nitrogens with one attached hydrogen (secondary N) is 1. The van der Waals surface area contributed by atoms with Crippen molar-refractivity contribution in [1.29, 1.82) is 0 Å². The first kappa shape index (κ1) is 15.1. The van der Waals surface area contributed by atoms with Crippen LogP contribution in [-0.2, 0) is 14.8 Å². The molecule has 0 aliphatic rings. The van der Waals surface area contributed by atoms with E-state index in [0.29, 0.717) is 5.76 Å². The highest BCUT2D eigenvalue weighted by atomic mass is 35.5. The van der Waals surface area contributed by atoms with Crippen molar-refractivity contribution in [3.8, 4) is 0 Å². The van der Waals surface area contributed by atoms with Crippen LogP contribution in [0.5, 0.6) is 0 Å². The van der Waals surface area contributed by atoms with Gasteiger partial charge in [-0.05, 0) is 24.3 Å².